The monoisotopic (exact) mass is 321 g/mol. The molecule has 0 radical (unpaired) electrons. The highest BCUT2D eigenvalue weighted by Crippen LogP contribution is 2.46. The van der Waals surface area contributed by atoms with E-state index in [1.54, 1.807) is 0 Å². The summed E-state index contributed by atoms with van der Waals surface area (Å²) in [6.45, 7) is 6.05. The summed E-state index contributed by atoms with van der Waals surface area (Å²) in [5.74, 6) is 0.165. The van der Waals surface area contributed by atoms with Gasteiger partial charge >= 0.3 is 0 Å². The van der Waals surface area contributed by atoms with Gasteiger partial charge in [-0.3, -0.25) is 0 Å². The van der Waals surface area contributed by atoms with Crippen LogP contribution in [0.2, 0.25) is 0 Å². The number of nitrogens with one attached hydrogen (secondary N) is 1. The lowest BCUT2D eigenvalue weighted by molar-refractivity contribution is -0.0741. The second kappa shape index (κ2) is 7.33. The molecule has 2 nitrogen and oxygen atoms in total. The third-order valence-corrected chi connectivity index (χ3v) is 5.33. The second-order valence-electron chi connectivity index (χ2n) is 6.83. The van der Waals surface area contributed by atoms with Gasteiger partial charge in [0.1, 0.15) is 0 Å². The van der Waals surface area contributed by atoms with Gasteiger partial charge in [-0.05, 0) is 30.4 Å². The SMILES string of the molecule is C=CC[C@]1(O)C[C@H](c2ccccc2)N[C@@H](c2ccccc2)[C@H]1CC. The van der Waals surface area contributed by atoms with Crippen LogP contribution in [-0.2, 0) is 0 Å². The molecule has 0 saturated carbocycles. The van der Waals surface area contributed by atoms with E-state index in [4.69, 9.17) is 0 Å². The third-order valence-electron chi connectivity index (χ3n) is 5.33. The lowest BCUT2D eigenvalue weighted by atomic mass is 9.68. The molecule has 2 aromatic carbocycles. The molecule has 1 saturated heterocycles. The predicted molar refractivity (Wildman–Crippen MR) is 99.7 cm³/mol. The Balaban J connectivity index is 2.00. The van der Waals surface area contributed by atoms with Crippen LogP contribution in [0.25, 0.3) is 0 Å². The minimum atomic E-state index is -0.733. The smallest absolute Gasteiger partial charge is 0.0746 e. The molecular weight excluding hydrogens is 294 g/mol. The van der Waals surface area contributed by atoms with Crippen molar-refractivity contribution >= 4 is 0 Å². The number of hydrogen-bond acceptors (Lipinski definition) is 2. The Bertz CT molecular complexity index is 654. The summed E-state index contributed by atoms with van der Waals surface area (Å²) in [5.41, 5.74) is 1.74. The molecule has 126 valence electrons. The molecule has 1 fully saturated rings. The minimum absolute atomic E-state index is 0.139. The molecule has 3 rings (SSSR count). The Morgan fingerprint density at radius 1 is 1.08 bits per heavy atom. The molecule has 0 aliphatic carbocycles. The number of aliphatic hydroxyl groups is 1. The van der Waals surface area contributed by atoms with Crippen molar-refractivity contribution < 1.29 is 5.11 Å². The second-order valence-corrected chi connectivity index (χ2v) is 6.83. The summed E-state index contributed by atoms with van der Waals surface area (Å²) in [5, 5.41) is 15.3. The van der Waals surface area contributed by atoms with Crippen molar-refractivity contribution in [1.82, 2.24) is 5.32 Å². The van der Waals surface area contributed by atoms with Gasteiger partial charge in [-0.2, -0.15) is 0 Å². The van der Waals surface area contributed by atoms with E-state index in [1.165, 1.54) is 11.1 Å². The first-order chi connectivity index (χ1) is 11.7. The Kier molecular flexibility index (Phi) is 5.17. The quantitative estimate of drug-likeness (QED) is 0.776. The Morgan fingerprint density at radius 3 is 2.21 bits per heavy atom. The number of hydrogen-bond donors (Lipinski definition) is 2. The molecule has 0 unspecified atom stereocenters. The molecule has 1 aliphatic rings. The van der Waals surface area contributed by atoms with Gasteiger partial charge in [0.15, 0.2) is 0 Å². The summed E-state index contributed by atoms with van der Waals surface area (Å²) in [6, 6.07) is 21.2. The molecule has 0 amide bonds. The highest BCUT2D eigenvalue weighted by Gasteiger charge is 2.46. The van der Waals surface area contributed by atoms with Crippen molar-refractivity contribution in [3.63, 3.8) is 0 Å². The normalized spacial score (nSPS) is 30.0. The fourth-order valence-corrected chi connectivity index (χ4v) is 4.20. The maximum atomic E-state index is 11.5. The number of benzene rings is 2. The van der Waals surface area contributed by atoms with Gasteiger partial charge < -0.3 is 10.4 Å². The predicted octanol–water partition coefficient (Wildman–Crippen LogP) is 4.80. The lowest BCUT2D eigenvalue weighted by Crippen LogP contribution is -2.52. The summed E-state index contributed by atoms with van der Waals surface area (Å²) >= 11 is 0. The van der Waals surface area contributed by atoms with Gasteiger partial charge in [0, 0.05) is 18.0 Å². The van der Waals surface area contributed by atoms with Crippen LogP contribution in [0, 0.1) is 5.92 Å². The van der Waals surface area contributed by atoms with E-state index in [1.807, 2.05) is 18.2 Å². The zero-order valence-electron chi connectivity index (χ0n) is 14.4. The zero-order chi connectivity index (χ0) is 17.0. The summed E-state index contributed by atoms with van der Waals surface area (Å²) in [6.07, 6.45) is 4.13. The van der Waals surface area contributed by atoms with Crippen LogP contribution >= 0.6 is 0 Å². The van der Waals surface area contributed by atoms with E-state index < -0.39 is 5.60 Å². The van der Waals surface area contributed by atoms with Crippen molar-refractivity contribution in [3.05, 3.63) is 84.4 Å². The molecule has 24 heavy (non-hydrogen) atoms. The fraction of sp³-hybridized carbons (Fsp3) is 0.364. The molecule has 2 aromatic rings. The lowest BCUT2D eigenvalue weighted by Gasteiger charge is -2.48. The highest BCUT2D eigenvalue weighted by atomic mass is 16.3. The first-order valence-electron chi connectivity index (χ1n) is 8.87. The summed E-state index contributed by atoms with van der Waals surface area (Å²) in [7, 11) is 0. The molecule has 0 spiro atoms. The van der Waals surface area contributed by atoms with Gasteiger partial charge in [-0.1, -0.05) is 73.7 Å². The minimum Gasteiger partial charge on any atom is -0.389 e. The summed E-state index contributed by atoms with van der Waals surface area (Å²) < 4.78 is 0. The van der Waals surface area contributed by atoms with Crippen LogP contribution in [0.15, 0.2) is 73.3 Å². The fourth-order valence-electron chi connectivity index (χ4n) is 4.20. The first-order valence-corrected chi connectivity index (χ1v) is 8.87. The van der Waals surface area contributed by atoms with Crippen molar-refractivity contribution in [2.75, 3.05) is 0 Å². The maximum absolute atomic E-state index is 11.5. The van der Waals surface area contributed by atoms with Crippen LogP contribution < -0.4 is 5.32 Å². The van der Waals surface area contributed by atoms with Crippen LogP contribution in [0.4, 0.5) is 0 Å². The maximum Gasteiger partial charge on any atom is 0.0746 e. The number of rotatable bonds is 5. The van der Waals surface area contributed by atoms with E-state index in [-0.39, 0.29) is 18.0 Å². The highest BCUT2D eigenvalue weighted by molar-refractivity contribution is 5.27. The van der Waals surface area contributed by atoms with Crippen LogP contribution in [-0.4, -0.2) is 10.7 Å². The van der Waals surface area contributed by atoms with E-state index in [0.29, 0.717) is 12.8 Å². The molecule has 0 bridgehead atoms. The van der Waals surface area contributed by atoms with Crippen molar-refractivity contribution in [3.8, 4) is 0 Å². The Morgan fingerprint density at radius 2 is 1.67 bits per heavy atom. The topological polar surface area (TPSA) is 32.3 Å². The van der Waals surface area contributed by atoms with E-state index in [9.17, 15) is 5.11 Å². The largest absolute Gasteiger partial charge is 0.389 e. The third kappa shape index (κ3) is 3.31. The van der Waals surface area contributed by atoms with Crippen LogP contribution in [0.5, 0.6) is 0 Å². The molecule has 2 N–H and O–H groups in total. The zero-order valence-corrected chi connectivity index (χ0v) is 14.4. The van der Waals surface area contributed by atoms with Crippen LogP contribution in [0.1, 0.15) is 49.4 Å². The molecular formula is C22H27NO. The Hall–Kier alpha value is -1.90. The van der Waals surface area contributed by atoms with E-state index in [0.717, 1.165) is 6.42 Å². The van der Waals surface area contributed by atoms with E-state index in [2.05, 4.69) is 67.4 Å². The molecule has 1 heterocycles. The summed E-state index contributed by atoms with van der Waals surface area (Å²) in [4.78, 5) is 0. The molecule has 1 aliphatic heterocycles. The molecule has 2 heteroatoms. The molecule has 4 atom stereocenters. The average Bonchev–Trinajstić information content (AvgIpc) is 2.62. The standard InChI is InChI=1S/C22H27NO/c1-3-15-22(24)16-20(17-11-7-5-8-12-17)23-21(19(22)4-2)18-13-9-6-10-14-18/h3,5-14,19-21,23-24H,1,4,15-16H2,2H3/t19-,20-,21+,22+/m1/s1. The average molecular weight is 321 g/mol. The van der Waals surface area contributed by atoms with Gasteiger partial charge in [-0.25, -0.2) is 0 Å². The molecule has 0 aromatic heterocycles. The van der Waals surface area contributed by atoms with Crippen LogP contribution in [0.3, 0.4) is 0 Å². The first kappa shape index (κ1) is 16.9. The number of piperidine rings is 1. The van der Waals surface area contributed by atoms with Crippen molar-refractivity contribution in [2.45, 2.75) is 43.9 Å². The van der Waals surface area contributed by atoms with Gasteiger partial charge in [0.25, 0.3) is 0 Å². The van der Waals surface area contributed by atoms with Gasteiger partial charge in [0.05, 0.1) is 5.60 Å². The van der Waals surface area contributed by atoms with Gasteiger partial charge in [0.2, 0.25) is 0 Å². The van der Waals surface area contributed by atoms with Crippen molar-refractivity contribution in [1.29, 1.82) is 0 Å². The van der Waals surface area contributed by atoms with E-state index >= 15 is 0 Å². The van der Waals surface area contributed by atoms with Gasteiger partial charge in [-0.15, -0.1) is 6.58 Å². The Labute approximate surface area is 145 Å². The van der Waals surface area contributed by atoms with Crippen molar-refractivity contribution in [2.24, 2.45) is 5.92 Å².